The van der Waals surface area contributed by atoms with Crippen molar-refractivity contribution in [3.63, 3.8) is 0 Å². The number of aromatic nitrogens is 14. The number of fused-ring (bicyclic) bond motifs is 3. The zero-order chi connectivity index (χ0) is 63.2. The van der Waals surface area contributed by atoms with Gasteiger partial charge in [-0.15, -0.1) is 47.1 Å². The molecule has 11 heterocycles. The van der Waals surface area contributed by atoms with E-state index in [0.29, 0.717) is 17.5 Å². The van der Waals surface area contributed by atoms with Gasteiger partial charge in [-0.2, -0.15) is 0 Å². The normalized spacial score (nSPS) is 10.0. The first-order chi connectivity index (χ1) is 46.0. The SMILES string of the molecule is Cc1nc(-c2ccccn2)[n-]c1C.[Ir].[Pt].[Pt].[Pt].[Pt].[c-]1ccccc1-c1cccc[pH+]1.c1ccc(-c2cc3ccccc3[n-]2)nc1.c1ccc(-c2nc(-c3ccccn3)[n-]c2-c2ccccc2)cc1.c1ccc(-c2nc3ccccc3[n-]2)nc1.c1ccc(-c2nc3ccccc3[n-]2)nc1. The number of rotatable bonds is 8. The number of para-hydroxylation sites is 5. The molecule has 0 aliphatic carbocycles. The molecule has 0 aliphatic rings. The molecule has 1 radical (unpaired) electrons. The zero-order valence-corrected chi connectivity index (χ0v) is 64.8. The monoisotopic (exact) mass is 2190 g/mol. The predicted molar refractivity (Wildman–Crippen MR) is 374 cm³/mol. The Labute approximate surface area is 641 Å². The van der Waals surface area contributed by atoms with E-state index in [1.165, 1.54) is 10.9 Å². The molecule has 0 amide bonds. The Morgan fingerprint density at radius 3 is 1.21 bits per heavy atom. The predicted octanol–water partition coefficient (Wildman–Crippen LogP) is 17.0. The number of hydrogen-bond acceptors (Lipinski definition) is 9. The first kappa shape index (κ1) is 76.4. The fourth-order valence-corrected chi connectivity index (χ4v) is 10.4. The smallest absolute Gasteiger partial charge is 0.102 e. The Balaban J connectivity index is 0.000000166. The molecule has 14 nitrogen and oxygen atoms in total. The molecule has 0 bridgehead atoms. The molecule has 0 spiro atoms. The van der Waals surface area contributed by atoms with Gasteiger partial charge in [-0.1, -0.05) is 193 Å². The number of nitrogens with zero attached hydrogens (tertiary/aromatic N) is 14. The molecule has 17 aromatic rings. The van der Waals surface area contributed by atoms with Crippen molar-refractivity contribution in [2.75, 3.05) is 0 Å². The van der Waals surface area contributed by atoms with Gasteiger partial charge < -0.3 is 44.9 Å². The molecule has 20 heteroatoms. The molecular weight excluding hydrogens is 2140 g/mol. The van der Waals surface area contributed by atoms with Gasteiger partial charge in [0.15, 0.2) is 0 Å². The second kappa shape index (κ2) is 39.4. The third-order valence-electron chi connectivity index (χ3n) is 14.2. The maximum atomic E-state index is 4.75. The van der Waals surface area contributed by atoms with E-state index in [9.17, 15) is 0 Å². The van der Waals surface area contributed by atoms with Crippen LogP contribution in [-0.2, 0) is 104 Å². The van der Waals surface area contributed by atoms with Crippen molar-refractivity contribution < 1.29 is 104 Å². The van der Waals surface area contributed by atoms with Crippen LogP contribution in [0.2, 0.25) is 0 Å². The van der Waals surface area contributed by atoms with Gasteiger partial charge in [0.1, 0.15) is 5.80 Å². The Hall–Kier alpha value is -8.98. The van der Waals surface area contributed by atoms with Crippen LogP contribution in [0.1, 0.15) is 11.4 Å². The van der Waals surface area contributed by atoms with E-state index >= 15 is 0 Å². The van der Waals surface area contributed by atoms with Gasteiger partial charge in [-0.05, 0) is 154 Å². The van der Waals surface area contributed by atoms with Gasteiger partial charge in [0.2, 0.25) is 0 Å². The summed E-state index contributed by atoms with van der Waals surface area (Å²) < 4.78 is 0. The largest absolute Gasteiger partial charge is 0.656 e. The van der Waals surface area contributed by atoms with E-state index in [2.05, 4.69) is 138 Å². The quantitative estimate of drug-likeness (QED) is 0.131. The molecule has 0 saturated carbocycles. The fourth-order valence-electron chi connectivity index (χ4n) is 9.48. The van der Waals surface area contributed by atoms with E-state index in [-0.39, 0.29) is 104 Å². The molecule has 6 aromatic carbocycles. The van der Waals surface area contributed by atoms with Gasteiger partial charge in [0.25, 0.3) is 0 Å². The summed E-state index contributed by atoms with van der Waals surface area (Å²) >= 11 is 0. The van der Waals surface area contributed by atoms with Crippen LogP contribution in [0, 0.1) is 19.9 Å². The summed E-state index contributed by atoms with van der Waals surface area (Å²) in [5.41, 5.74) is 16.8. The molecule has 98 heavy (non-hydrogen) atoms. The standard InChI is InChI=1S/C20H14N3.C13H9N2.2C12H8N3.C11H8P.C10H10N3.Ir.4Pt/c1-3-9-15(10-4-1)18-19(16-11-5-2-6-12-16)23-20(22-18)17-13-7-8-14-21-17;1-2-6-11-10(5-1)9-13(15-11)12-7-3-4-8-14-12;2*1-2-6-10-9(5-1)14-12(15-10)11-7-3-4-8-13-11;1-2-6-10(7-3-1)11-8-4-5-9-12-11;1-7-8(2)13-10(12-7)9-5-3-4-6-11-9;;;;;/h1-14H;1-9H;2*1-8H;1-6,8-9H;3-6H,1-2H3;;;;;/q6*-1;;;;;/p+1. The molecule has 499 valence electrons. The topological polar surface area (TPSA) is 187 Å². The Morgan fingerprint density at radius 1 is 0.347 bits per heavy atom. The van der Waals surface area contributed by atoms with Crippen LogP contribution in [-0.4, -0.2) is 44.9 Å². The molecule has 1 atom stereocenters. The van der Waals surface area contributed by atoms with Crippen molar-refractivity contribution in [1.29, 1.82) is 0 Å². The molecule has 0 saturated heterocycles. The second-order valence-electron chi connectivity index (χ2n) is 20.6. The maximum Gasteiger partial charge on any atom is 0.102 e. The molecule has 0 N–H and O–H groups in total. The summed E-state index contributed by atoms with van der Waals surface area (Å²) in [4.78, 5) is 61.5. The maximum absolute atomic E-state index is 4.75. The van der Waals surface area contributed by atoms with Crippen molar-refractivity contribution in [1.82, 2.24) is 69.8 Å². The van der Waals surface area contributed by atoms with Crippen LogP contribution in [0.3, 0.4) is 0 Å². The number of hydrogen-bond donors (Lipinski definition) is 0. The summed E-state index contributed by atoms with van der Waals surface area (Å²) in [7, 11) is 0.788. The third-order valence-corrected chi connectivity index (χ3v) is 15.3. The number of pyridine rings is 5. The summed E-state index contributed by atoms with van der Waals surface area (Å²) in [6.45, 7) is 3.91. The zero-order valence-electron chi connectivity index (χ0n) is 52.3. The van der Waals surface area contributed by atoms with Crippen molar-refractivity contribution >= 4 is 41.2 Å². The van der Waals surface area contributed by atoms with Crippen molar-refractivity contribution in [3.8, 4) is 90.8 Å². The summed E-state index contributed by atoms with van der Waals surface area (Å²) in [5, 5.41) is 2.54. The second-order valence-corrected chi connectivity index (χ2v) is 21.8. The molecule has 1 unspecified atom stereocenters. The fraction of sp³-hybridized carbons (Fsp3) is 0.0256. The van der Waals surface area contributed by atoms with E-state index < -0.39 is 0 Å². The van der Waals surface area contributed by atoms with Gasteiger partial charge in [0.05, 0.1) is 36.3 Å². The van der Waals surface area contributed by atoms with E-state index in [1.807, 2.05) is 220 Å². The third kappa shape index (κ3) is 20.8. The van der Waals surface area contributed by atoms with Crippen LogP contribution in [0.15, 0.2) is 310 Å². The molecule has 11 aromatic heterocycles. The van der Waals surface area contributed by atoms with Crippen LogP contribution in [0.25, 0.3) is 124 Å². The Bertz CT molecular complexity index is 4590. The van der Waals surface area contributed by atoms with Crippen molar-refractivity contribution in [3.05, 3.63) is 327 Å². The summed E-state index contributed by atoms with van der Waals surface area (Å²) in [6, 6.07) is 92.5. The van der Waals surface area contributed by atoms with E-state index in [0.717, 1.165) is 115 Å². The molecule has 0 aliphatic heterocycles. The summed E-state index contributed by atoms with van der Waals surface area (Å²) in [6.07, 6.45) is 8.79. The Morgan fingerprint density at radius 2 is 0.776 bits per heavy atom. The minimum Gasteiger partial charge on any atom is -0.656 e. The Kier molecular flexibility index (Phi) is 30.7. The first-order valence-electron chi connectivity index (χ1n) is 29.9. The number of imidazole rings is 4. The number of aryl methyl sites for hydroxylation is 2. The minimum absolute atomic E-state index is 0. The van der Waals surface area contributed by atoms with E-state index in [1.54, 1.807) is 31.0 Å². The average Bonchev–Trinajstić information content (AvgIpc) is 1.66. The van der Waals surface area contributed by atoms with Gasteiger partial charge in [-0.25, -0.2) is 0 Å². The molecular formula is C78H58IrN14PPt4-5. The van der Waals surface area contributed by atoms with Crippen molar-refractivity contribution in [2.45, 2.75) is 13.8 Å². The van der Waals surface area contributed by atoms with Crippen LogP contribution >= 0.6 is 8.19 Å². The van der Waals surface area contributed by atoms with Gasteiger partial charge in [0, 0.05) is 141 Å². The summed E-state index contributed by atoms with van der Waals surface area (Å²) in [5.74, 6) is 4.95. The van der Waals surface area contributed by atoms with Crippen LogP contribution in [0.5, 0.6) is 0 Å². The van der Waals surface area contributed by atoms with Gasteiger partial charge in [-0.3, -0.25) is 24.9 Å². The van der Waals surface area contributed by atoms with E-state index in [4.69, 9.17) is 9.97 Å². The van der Waals surface area contributed by atoms with Gasteiger partial charge >= 0.3 is 0 Å². The molecule has 0 fully saturated rings. The number of benzene rings is 6. The van der Waals surface area contributed by atoms with Crippen LogP contribution in [0.4, 0.5) is 0 Å². The molecule has 17 rings (SSSR count). The first-order valence-corrected chi connectivity index (χ1v) is 31.0. The van der Waals surface area contributed by atoms with Crippen molar-refractivity contribution in [2.24, 2.45) is 0 Å². The minimum atomic E-state index is 0. The van der Waals surface area contributed by atoms with Crippen LogP contribution < -0.4 is 24.9 Å². The average molecular weight is 2190 g/mol.